The van der Waals surface area contributed by atoms with Crippen molar-refractivity contribution in [1.82, 2.24) is 0 Å². The van der Waals surface area contributed by atoms with Crippen LogP contribution in [0.1, 0.15) is 36.6 Å². The molecular formula is C21H22BrNO2S. The van der Waals surface area contributed by atoms with E-state index in [4.69, 9.17) is 4.42 Å². The lowest BCUT2D eigenvalue weighted by atomic mass is 10.0. The predicted molar refractivity (Wildman–Crippen MR) is 115 cm³/mol. The maximum atomic E-state index is 12.9. The smallest absolute Gasteiger partial charge is 0.196 e. The zero-order valence-corrected chi connectivity index (χ0v) is 17.8. The minimum Gasteiger partial charge on any atom is -0.449 e. The zero-order chi connectivity index (χ0) is 18.8. The summed E-state index contributed by atoms with van der Waals surface area (Å²) in [4.78, 5) is 12.9. The number of rotatable bonds is 5. The normalized spacial score (nSPS) is 12.3. The molecule has 1 atom stereocenters. The number of hydrogen-bond donors (Lipinski definition) is 1. The minimum absolute atomic E-state index is 0.0126. The Morgan fingerprint density at radius 2 is 1.96 bits per heavy atom. The Balaban J connectivity index is 2.15. The second-order valence-corrected chi connectivity index (χ2v) is 8.44. The first kappa shape index (κ1) is 19.1. The molecule has 0 radical (unpaired) electrons. The van der Waals surface area contributed by atoms with Gasteiger partial charge in [0, 0.05) is 21.3 Å². The average Bonchev–Trinajstić information content (AvgIpc) is 2.61. The molecule has 26 heavy (non-hydrogen) atoms. The van der Waals surface area contributed by atoms with Gasteiger partial charge in [-0.25, -0.2) is 0 Å². The summed E-state index contributed by atoms with van der Waals surface area (Å²) in [6, 6.07) is 12.0. The first-order valence-electron chi connectivity index (χ1n) is 8.64. The maximum Gasteiger partial charge on any atom is 0.196 e. The lowest BCUT2D eigenvalue weighted by molar-refractivity contribution is 0.488. The van der Waals surface area contributed by atoms with E-state index < -0.39 is 0 Å². The van der Waals surface area contributed by atoms with Gasteiger partial charge in [-0.15, -0.1) is 0 Å². The number of fused-ring (bicyclic) bond motifs is 1. The van der Waals surface area contributed by atoms with Gasteiger partial charge in [0.1, 0.15) is 5.58 Å². The van der Waals surface area contributed by atoms with Crippen molar-refractivity contribution in [3.8, 4) is 0 Å². The van der Waals surface area contributed by atoms with Gasteiger partial charge in [-0.1, -0.05) is 36.9 Å². The Hall–Kier alpha value is -1.72. The average molecular weight is 432 g/mol. The van der Waals surface area contributed by atoms with Crippen LogP contribution in [0, 0.1) is 13.8 Å². The van der Waals surface area contributed by atoms with Crippen molar-refractivity contribution in [1.29, 1.82) is 0 Å². The summed E-state index contributed by atoms with van der Waals surface area (Å²) in [5.41, 5.74) is 4.47. The fourth-order valence-electron chi connectivity index (χ4n) is 3.03. The molecule has 0 aliphatic heterocycles. The maximum absolute atomic E-state index is 12.9. The molecule has 136 valence electrons. The highest BCUT2D eigenvalue weighted by atomic mass is 79.9. The van der Waals surface area contributed by atoms with Crippen LogP contribution in [0.5, 0.6) is 0 Å². The van der Waals surface area contributed by atoms with E-state index in [2.05, 4.69) is 41.2 Å². The molecular weight excluding hydrogens is 410 g/mol. The number of benzene rings is 2. The molecule has 1 aromatic heterocycles. The van der Waals surface area contributed by atoms with Gasteiger partial charge in [0.15, 0.2) is 10.5 Å². The fraction of sp³-hybridized carbons (Fsp3) is 0.286. The molecule has 1 heterocycles. The largest absolute Gasteiger partial charge is 0.449 e. The van der Waals surface area contributed by atoms with E-state index in [1.807, 2.05) is 44.2 Å². The summed E-state index contributed by atoms with van der Waals surface area (Å²) in [6.07, 6.45) is 0. The number of anilines is 1. The van der Waals surface area contributed by atoms with E-state index in [9.17, 15) is 4.79 Å². The zero-order valence-electron chi connectivity index (χ0n) is 15.4. The molecule has 0 saturated carbocycles. The van der Waals surface area contributed by atoms with E-state index in [1.165, 1.54) is 0 Å². The molecule has 1 unspecified atom stereocenters. The van der Waals surface area contributed by atoms with Crippen LogP contribution >= 0.6 is 27.7 Å². The molecule has 0 fully saturated rings. The van der Waals surface area contributed by atoms with Crippen LogP contribution in [0.3, 0.4) is 0 Å². The summed E-state index contributed by atoms with van der Waals surface area (Å²) in [5, 5.41) is 4.88. The molecule has 3 rings (SSSR count). The molecule has 0 saturated heterocycles. The molecule has 0 spiro atoms. The number of aryl methyl sites for hydroxylation is 1. The van der Waals surface area contributed by atoms with Crippen molar-refractivity contribution in [2.24, 2.45) is 0 Å². The van der Waals surface area contributed by atoms with Crippen molar-refractivity contribution >= 4 is 44.3 Å². The topological polar surface area (TPSA) is 42.2 Å². The van der Waals surface area contributed by atoms with Crippen LogP contribution in [-0.4, -0.2) is 5.75 Å². The number of thioether (sulfide) groups is 1. The van der Waals surface area contributed by atoms with Crippen molar-refractivity contribution in [2.45, 2.75) is 38.8 Å². The number of para-hydroxylation sites is 1. The first-order chi connectivity index (χ1) is 12.4. The van der Waals surface area contributed by atoms with Crippen LogP contribution in [0.4, 0.5) is 5.69 Å². The Labute approximate surface area is 166 Å². The Morgan fingerprint density at radius 1 is 1.23 bits per heavy atom. The van der Waals surface area contributed by atoms with Gasteiger partial charge >= 0.3 is 0 Å². The SMILES string of the molecule is CCSc1oc2c(C(C)Nc3ccccc3Br)cc(C)cc2c(=O)c1C. The van der Waals surface area contributed by atoms with Crippen molar-refractivity contribution in [3.05, 3.63) is 67.8 Å². The van der Waals surface area contributed by atoms with Gasteiger partial charge in [0.05, 0.1) is 11.4 Å². The van der Waals surface area contributed by atoms with Crippen LogP contribution in [0.25, 0.3) is 11.0 Å². The molecule has 3 aromatic rings. The van der Waals surface area contributed by atoms with Crippen LogP contribution in [0.2, 0.25) is 0 Å². The predicted octanol–water partition coefficient (Wildman–Crippen LogP) is 6.46. The van der Waals surface area contributed by atoms with Gasteiger partial charge < -0.3 is 9.73 Å². The molecule has 1 N–H and O–H groups in total. The molecule has 0 amide bonds. The first-order valence-corrected chi connectivity index (χ1v) is 10.4. The Bertz CT molecular complexity index is 1010. The lowest BCUT2D eigenvalue weighted by Crippen LogP contribution is -2.12. The summed E-state index contributed by atoms with van der Waals surface area (Å²) in [7, 11) is 0. The third-order valence-electron chi connectivity index (χ3n) is 4.34. The standard InChI is InChI=1S/C21H22BrNO2S/c1-5-26-21-13(3)19(24)16-11-12(2)10-15(20(16)25-21)14(4)23-18-9-7-6-8-17(18)22/h6-11,14,23H,5H2,1-4H3. The molecule has 2 aromatic carbocycles. The molecule has 0 aliphatic rings. The van der Waals surface area contributed by atoms with E-state index in [1.54, 1.807) is 11.8 Å². The minimum atomic E-state index is -0.0126. The van der Waals surface area contributed by atoms with E-state index >= 15 is 0 Å². The monoisotopic (exact) mass is 431 g/mol. The highest BCUT2D eigenvalue weighted by Gasteiger charge is 2.18. The summed E-state index contributed by atoms with van der Waals surface area (Å²) >= 11 is 5.14. The summed E-state index contributed by atoms with van der Waals surface area (Å²) in [6.45, 7) is 7.99. The third kappa shape index (κ3) is 3.69. The van der Waals surface area contributed by atoms with Gasteiger partial charge in [0.25, 0.3) is 0 Å². The van der Waals surface area contributed by atoms with Gasteiger partial charge in [-0.05, 0) is 66.2 Å². The number of hydrogen-bond acceptors (Lipinski definition) is 4. The van der Waals surface area contributed by atoms with E-state index in [-0.39, 0.29) is 11.5 Å². The quantitative estimate of drug-likeness (QED) is 0.470. The third-order valence-corrected chi connectivity index (χ3v) is 5.97. The lowest BCUT2D eigenvalue weighted by Gasteiger charge is -2.19. The van der Waals surface area contributed by atoms with Crippen LogP contribution < -0.4 is 10.7 Å². The van der Waals surface area contributed by atoms with E-state index in [0.29, 0.717) is 21.6 Å². The summed E-state index contributed by atoms with van der Waals surface area (Å²) < 4.78 is 7.20. The molecule has 0 bridgehead atoms. The molecule has 5 heteroatoms. The van der Waals surface area contributed by atoms with Crippen LogP contribution in [0.15, 0.2) is 55.2 Å². The number of halogens is 1. The van der Waals surface area contributed by atoms with Crippen LogP contribution in [-0.2, 0) is 0 Å². The highest BCUT2D eigenvalue weighted by molar-refractivity contribution is 9.10. The second-order valence-electron chi connectivity index (χ2n) is 6.35. The number of nitrogens with one attached hydrogen (secondary N) is 1. The van der Waals surface area contributed by atoms with Gasteiger partial charge in [-0.2, -0.15) is 0 Å². The summed E-state index contributed by atoms with van der Waals surface area (Å²) in [5.74, 6) is 0.862. The van der Waals surface area contributed by atoms with Crippen molar-refractivity contribution < 1.29 is 4.42 Å². The van der Waals surface area contributed by atoms with Gasteiger partial charge in [0.2, 0.25) is 0 Å². The Kier molecular flexibility index (Phi) is 5.78. The molecule has 0 aliphatic carbocycles. The van der Waals surface area contributed by atoms with Crippen molar-refractivity contribution in [2.75, 3.05) is 11.1 Å². The highest BCUT2D eigenvalue weighted by Crippen LogP contribution is 2.32. The second kappa shape index (κ2) is 7.89. The Morgan fingerprint density at radius 3 is 2.65 bits per heavy atom. The van der Waals surface area contributed by atoms with Crippen molar-refractivity contribution in [3.63, 3.8) is 0 Å². The van der Waals surface area contributed by atoms with E-state index in [0.717, 1.165) is 27.0 Å². The molecule has 3 nitrogen and oxygen atoms in total. The van der Waals surface area contributed by atoms with Gasteiger partial charge in [-0.3, -0.25) is 4.79 Å². The fourth-order valence-corrected chi connectivity index (χ4v) is 4.14.